The van der Waals surface area contributed by atoms with E-state index in [-0.39, 0.29) is 11.2 Å². The van der Waals surface area contributed by atoms with E-state index in [1.807, 2.05) is 60.4 Å². The maximum atomic E-state index is 14.1. The largest absolute Gasteiger partial charge is 0.280 e. The summed E-state index contributed by atoms with van der Waals surface area (Å²) >= 11 is 1.41. The number of anilines is 2. The fourth-order valence-electron chi connectivity index (χ4n) is 4.29. The summed E-state index contributed by atoms with van der Waals surface area (Å²) in [5, 5.41) is 9.96. The van der Waals surface area contributed by atoms with Crippen LogP contribution in [0.1, 0.15) is 49.6 Å². The summed E-state index contributed by atoms with van der Waals surface area (Å²) in [6.45, 7) is 6.33. The molecule has 0 aliphatic carbocycles. The maximum absolute atomic E-state index is 14.1. The van der Waals surface area contributed by atoms with E-state index in [1.54, 1.807) is 0 Å². The van der Waals surface area contributed by atoms with Gasteiger partial charge in [-0.15, -0.1) is 0 Å². The summed E-state index contributed by atoms with van der Waals surface area (Å²) in [7, 11) is 0. The highest BCUT2D eigenvalue weighted by atomic mass is 32.2. The van der Waals surface area contributed by atoms with E-state index < -0.39 is 0 Å². The number of amides is 1. The second-order valence-electron chi connectivity index (χ2n) is 8.81. The van der Waals surface area contributed by atoms with E-state index in [2.05, 4.69) is 32.0 Å². The maximum Gasteiger partial charge on any atom is 0.245 e. The molecular weight excluding hydrogens is 426 g/mol. The molecule has 4 rings (SSSR count). The van der Waals surface area contributed by atoms with E-state index in [9.17, 15) is 10.1 Å². The molecule has 168 valence electrons. The number of hydrogen-bond acceptors (Lipinski definition) is 4. The Balaban J connectivity index is 1.73. The molecule has 4 nitrogen and oxygen atoms in total. The van der Waals surface area contributed by atoms with Crippen LogP contribution >= 0.6 is 11.8 Å². The van der Waals surface area contributed by atoms with Crippen LogP contribution in [0.25, 0.3) is 0 Å². The third kappa shape index (κ3) is 4.96. The number of hydrogen-bond donors (Lipinski definition) is 0. The van der Waals surface area contributed by atoms with E-state index in [1.165, 1.54) is 22.9 Å². The van der Waals surface area contributed by atoms with Gasteiger partial charge in [0.2, 0.25) is 5.91 Å². The van der Waals surface area contributed by atoms with Crippen LogP contribution in [0.15, 0.2) is 65.7 Å². The van der Waals surface area contributed by atoms with Crippen LogP contribution < -0.4 is 4.90 Å². The Morgan fingerprint density at radius 3 is 2.18 bits per heavy atom. The van der Waals surface area contributed by atoms with Crippen molar-refractivity contribution in [2.45, 2.75) is 56.7 Å². The first-order valence-corrected chi connectivity index (χ1v) is 12.5. The number of carbonyl (C=O) groups is 1. The predicted octanol–water partition coefficient (Wildman–Crippen LogP) is 6.49. The van der Waals surface area contributed by atoms with Crippen LogP contribution in [0.3, 0.4) is 0 Å². The first-order chi connectivity index (χ1) is 16.0. The summed E-state index contributed by atoms with van der Waals surface area (Å²) in [4.78, 5) is 20.7. The van der Waals surface area contributed by atoms with Crippen LogP contribution in [-0.4, -0.2) is 16.1 Å². The number of nitrogens with zero attached hydrogens (tertiary/aromatic N) is 3. The van der Waals surface area contributed by atoms with E-state index in [4.69, 9.17) is 4.98 Å². The van der Waals surface area contributed by atoms with Crippen molar-refractivity contribution in [3.05, 3.63) is 83.0 Å². The van der Waals surface area contributed by atoms with Gasteiger partial charge in [0.15, 0.2) is 0 Å². The van der Waals surface area contributed by atoms with Gasteiger partial charge >= 0.3 is 0 Å². The highest BCUT2D eigenvalue weighted by Gasteiger charge is 2.31. The SMILES string of the molecule is CCC(Sc1nc(CC(C)C)ccc1C#N)C(=O)N1c2ccccc2CCc2ccccc21. The summed E-state index contributed by atoms with van der Waals surface area (Å²) in [6, 6.07) is 22.4. The van der Waals surface area contributed by atoms with Crippen molar-refractivity contribution in [1.82, 2.24) is 4.98 Å². The molecule has 3 aromatic rings. The summed E-state index contributed by atoms with van der Waals surface area (Å²) < 4.78 is 0. The number of benzene rings is 2. The molecule has 0 spiro atoms. The highest BCUT2D eigenvalue weighted by molar-refractivity contribution is 8.00. The molecule has 0 saturated carbocycles. The minimum Gasteiger partial charge on any atom is -0.280 e. The molecule has 1 aromatic heterocycles. The lowest BCUT2D eigenvalue weighted by Gasteiger charge is -2.28. The first-order valence-electron chi connectivity index (χ1n) is 11.6. The van der Waals surface area contributed by atoms with E-state index in [0.29, 0.717) is 22.9 Å². The molecule has 0 saturated heterocycles. The Morgan fingerprint density at radius 2 is 1.64 bits per heavy atom. The summed E-state index contributed by atoms with van der Waals surface area (Å²) in [5.74, 6) is 0.501. The molecule has 2 heterocycles. The third-order valence-corrected chi connectivity index (χ3v) is 7.26. The van der Waals surface area contributed by atoms with Gasteiger partial charge in [-0.3, -0.25) is 9.69 Å². The lowest BCUT2D eigenvalue weighted by molar-refractivity contribution is -0.117. The van der Waals surface area contributed by atoms with Crippen molar-refractivity contribution in [3.8, 4) is 6.07 Å². The molecule has 0 N–H and O–H groups in total. The van der Waals surface area contributed by atoms with Gasteiger partial charge in [-0.1, -0.05) is 68.9 Å². The van der Waals surface area contributed by atoms with Gasteiger partial charge in [0.1, 0.15) is 11.1 Å². The van der Waals surface area contributed by atoms with Crippen molar-refractivity contribution < 1.29 is 4.79 Å². The van der Waals surface area contributed by atoms with Gasteiger partial charge in [-0.05, 0) is 67.0 Å². The van der Waals surface area contributed by atoms with Crippen molar-refractivity contribution in [1.29, 1.82) is 5.26 Å². The van der Waals surface area contributed by atoms with Gasteiger partial charge < -0.3 is 0 Å². The lowest BCUT2D eigenvalue weighted by Crippen LogP contribution is -2.34. The van der Waals surface area contributed by atoms with Crippen molar-refractivity contribution in [2.75, 3.05) is 4.90 Å². The zero-order valence-electron chi connectivity index (χ0n) is 19.4. The predicted molar refractivity (Wildman–Crippen MR) is 135 cm³/mol. The standard InChI is InChI=1S/C28H29N3OS/c1-4-26(33-27-22(18-29)15-16-23(30-27)17-19(2)3)28(32)31-24-11-7-5-9-20(24)13-14-21-10-6-8-12-25(21)31/h5-12,15-16,19,26H,4,13-14,17H2,1-3H3. The van der Waals surface area contributed by atoms with Crippen molar-refractivity contribution in [2.24, 2.45) is 5.92 Å². The number of fused-ring (bicyclic) bond motifs is 2. The molecule has 0 bridgehead atoms. The molecule has 2 aromatic carbocycles. The minimum atomic E-state index is -0.349. The molecule has 1 atom stereocenters. The Labute approximate surface area is 200 Å². The van der Waals surface area contributed by atoms with Crippen LogP contribution in [0.2, 0.25) is 0 Å². The van der Waals surface area contributed by atoms with Crippen LogP contribution in [0.5, 0.6) is 0 Å². The second-order valence-corrected chi connectivity index (χ2v) is 10.0. The Bertz CT molecular complexity index is 1150. The monoisotopic (exact) mass is 455 g/mol. The first kappa shape index (κ1) is 23.1. The summed E-state index contributed by atoms with van der Waals surface area (Å²) in [6.07, 6.45) is 3.29. The summed E-state index contributed by atoms with van der Waals surface area (Å²) in [5.41, 5.74) is 5.74. The van der Waals surface area contributed by atoms with E-state index >= 15 is 0 Å². The van der Waals surface area contributed by atoms with Crippen molar-refractivity contribution >= 4 is 29.0 Å². The molecular formula is C28H29N3OS. The van der Waals surface area contributed by atoms with Gasteiger partial charge in [-0.2, -0.15) is 5.26 Å². The average molecular weight is 456 g/mol. The number of nitriles is 1. The van der Waals surface area contributed by atoms with Gasteiger partial charge in [0.25, 0.3) is 0 Å². The molecule has 5 heteroatoms. The van der Waals surface area contributed by atoms with Crippen LogP contribution in [0.4, 0.5) is 11.4 Å². The zero-order chi connectivity index (χ0) is 23.4. The van der Waals surface area contributed by atoms with Gasteiger partial charge in [-0.25, -0.2) is 4.98 Å². The van der Waals surface area contributed by atoms with Gasteiger partial charge in [0, 0.05) is 5.69 Å². The highest BCUT2D eigenvalue weighted by Crippen LogP contribution is 2.39. The van der Waals surface area contributed by atoms with Gasteiger partial charge in [0.05, 0.1) is 22.2 Å². The van der Waals surface area contributed by atoms with Crippen LogP contribution in [0, 0.1) is 17.2 Å². The number of carbonyl (C=O) groups excluding carboxylic acids is 1. The number of aromatic nitrogens is 1. The molecule has 1 aliphatic rings. The minimum absolute atomic E-state index is 0.0317. The fraction of sp³-hybridized carbons (Fsp3) is 0.321. The zero-order valence-corrected chi connectivity index (χ0v) is 20.2. The topological polar surface area (TPSA) is 57.0 Å². The van der Waals surface area contributed by atoms with Crippen LogP contribution in [-0.2, 0) is 24.1 Å². The second kappa shape index (κ2) is 10.2. The third-order valence-electron chi connectivity index (χ3n) is 5.91. The van der Waals surface area contributed by atoms with E-state index in [0.717, 1.165) is 36.3 Å². The Kier molecular flexibility index (Phi) is 7.15. The van der Waals surface area contributed by atoms with Crippen molar-refractivity contribution in [3.63, 3.8) is 0 Å². The number of para-hydroxylation sites is 2. The molecule has 0 fully saturated rings. The number of thioether (sulfide) groups is 1. The average Bonchev–Trinajstić information content (AvgIpc) is 2.99. The smallest absolute Gasteiger partial charge is 0.245 e. The quantitative estimate of drug-likeness (QED) is 0.399. The molecule has 1 aliphatic heterocycles. The Hall–Kier alpha value is -3.10. The molecule has 33 heavy (non-hydrogen) atoms. The number of pyridine rings is 1. The molecule has 0 radical (unpaired) electrons. The number of aryl methyl sites for hydroxylation is 2. The molecule has 1 unspecified atom stereocenters. The Morgan fingerprint density at radius 1 is 1.03 bits per heavy atom. The fourth-order valence-corrected chi connectivity index (χ4v) is 5.34. The molecule has 1 amide bonds. The normalized spacial score (nSPS) is 13.6. The lowest BCUT2D eigenvalue weighted by atomic mass is 10.0. The number of rotatable bonds is 6.